The van der Waals surface area contributed by atoms with Gasteiger partial charge in [0.15, 0.2) is 17.6 Å². The molecule has 4 atom stereocenters. The van der Waals surface area contributed by atoms with Crippen molar-refractivity contribution in [1.29, 1.82) is 0 Å². The zero-order valence-electron chi connectivity index (χ0n) is 24.1. The maximum Gasteiger partial charge on any atom is 0.310 e. The summed E-state index contributed by atoms with van der Waals surface area (Å²) < 4.78 is 33.7. The van der Waals surface area contributed by atoms with E-state index in [4.69, 9.17) is 28.4 Å². The van der Waals surface area contributed by atoms with E-state index in [0.717, 1.165) is 54.8 Å². The molecule has 10 nitrogen and oxygen atoms in total. The molecular formula is C32H35NO9. The number of methoxy groups -OCH3 is 2. The molecule has 3 heterocycles. The Morgan fingerprint density at radius 2 is 1.83 bits per heavy atom. The van der Waals surface area contributed by atoms with E-state index in [1.165, 1.54) is 14.0 Å². The highest BCUT2D eigenvalue weighted by molar-refractivity contribution is 5.80. The Bertz CT molecular complexity index is 1420. The van der Waals surface area contributed by atoms with Crippen molar-refractivity contribution in [3.8, 4) is 17.2 Å². The van der Waals surface area contributed by atoms with Gasteiger partial charge in [-0.1, -0.05) is 12.1 Å². The van der Waals surface area contributed by atoms with Gasteiger partial charge in [0.1, 0.15) is 11.5 Å². The van der Waals surface area contributed by atoms with Gasteiger partial charge in [0, 0.05) is 13.5 Å². The Balaban J connectivity index is 1.32. The molecule has 0 amide bonds. The van der Waals surface area contributed by atoms with Crippen LogP contribution in [0, 0.1) is 5.92 Å². The van der Waals surface area contributed by atoms with E-state index < -0.39 is 29.9 Å². The number of ether oxygens (including phenoxy) is 6. The summed E-state index contributed by atoms with van der Waals surface area (Å²) in [5, 5.41) is 0. The van der Waals surface area contributed by atoms with Crippen molar-refractivity contribution >= 4 is 17.9 Å². The van der Waals surface area contributed by atoms with E-state index in [1.54, 1.807) is 31.4 Å². The topological polar surface area (TPSA) is 110 Å². The van der Waals surface area contributed by atoms with Crippen molar-refractivity contribution in [3.05, 3.63) is 64.9 Å². The fourth-order valence-corrected chi connectivity index (χ4v) is 6.98. The number of fused-ring (bicyclic) bond motifs is 3. The lowest BCUT2D eigenvalue weighted by Gasteiger charge is -2.39. The highest BCUT2D eigenvalue weighted by Gasteiger charge is 2.58. The fraction of sp³-hybridized carbons (Fsp3) is 0.469. The van der Waals surface area contributed by atoms with Gasteiger partial charge in [0.25, 0.3) is 0 Å². The van der Waals surface area contributed by atoms with Gasteiger partial charge in [0.05, 0.1) is 38.0 Å². The highest BCUT2D eigenvalue weighted by atomic mass is 16.7. The van der Waals surface area contributed by atoms with E-state index in [2.05, 4.69) is 17.0 Å². The predicted octanol–water partition coefficient (Wildman–Crippen LogP) is 3.69. The normalized spacial score (nSPS) is 24.4. The summed E-state index contributed by atoms with van der Waals surface area (Å²) in [7, 11) is 2.90. The van der Waals surface area contributed by atoms with Gasteiger partial charge in [-0.05, 0) is 79.3 Å². The quantitative estimate of drug-likeness (QED) is 0.340. The lowest BCUT2D eigenvalue weighted by molar-refractivity contribution is -0.159. The smallest absolute Gasteiger partial charge is 0.310 e. The van der Waals surface area contributed by atoms with Gasteiger partial charge in [-0.15, -0.1) is 0 Å². The highest BCUT2D eigenvalue weighted by Crippen LogP contribution is 2.55. The van der Waals surface area contributed by atoms with Gasteiger partial charge < -0.3 is 28.4 Å². The summed E-state index contributed by atoms with van der Waals surface area (Å²) >= 11 is 0. The number of nitrogens with zero attached hydrogens (tertiary/aromatic N) is 1. The van der Waals surface area contributed by atoms with Crippen LogP contribution in [-0.4, -0.2) is 68.6 Å². The van der Waals surface area contributed by atoms with Gasteiger partial charge in [-0.3, -0.25) is 19.3 Å². The van der Waals surface area contributed by atoms with Gasteiger partial charge >= 0.3 is 17.9 Å². The van der Waals surface area contributed by atoms with Gasteiger partial charge in [-0.25, -0.2) is 0 Å². The van der Waals surface area contributed by atoms with E-state index in [-0.39, 0.29) is 31.1 Å². The molecule has 42 heavy (non-hydrogen) atoms. The van der Waals surface area contributed by atoms with Crippen LogP contribution < -0.4 is 14.2 Å². The molecule has 1 aliphatic carbocycles. The first-order valence-electron chi connectivity index (χ1n) is 14.3. The standard InChI is InChI=1S/C32H35NO9/c1-19(34)41-23-7-5-20(6-8-23)13-22(15-28(35)38-3)31(36)42-30-27(37-2)17-32-10-4-11-33(32)12-9-21-14-25-26(40-18-39-25)16-24(21)29(30)32/h5-8,14,16-17,22,29-30H,4,9-13,15,18H2,1-3H3/t22-,29+,30+,32-/m0/s1. The van der Waals surface area contributed by atoms with Crippen LogP contribution in [0.4, 0.5) is 0 Å². The Hall–Kier alpha value is -4.05. The average molecular weight is 578 g/mol. The predicted molar refractivity (Wildman–Crippen MR) is 149 cm³/mol. The molecule has 1 spiro atoms. The maximum absolute atomic E-state index is 13.9. The first kappa shape index (κ1) is 28.1. The number of rotatable bonds is 8. The molecule has 10 heteroatoms. The van der Waals surface area contributed by atoms with E-state index >= 15 is 0 Å². The SMILES string of the molecule is COC(=O)C[C@H](Cc1ccc(OC(C)=O)cc1)C(=O)O[C@@H]1C(OC)=C[C@]23CCCN2CCc2cc4c(cc2[C@H]13)OCO4. The molecular weight excluding hydrogens is 542 g/mol. The van der Waals surface area contributed by atoms with Gasteiger partial charge in [-0.2, -0.15) is 0 Å². The van der Waals surface area contributed by atoms with E-state index in [0.29, 0.717) is 17.3 Å². The number of hydrogen-bond donors (Lipinski definition) is 0. The van der Waals surface area contributed by atoms with Gasteiger partial charge in [0.2, 0.25) is 6.79 Å². The third kappa shape index (κ3) is 5.08. The van der Waals surface area contributed by atoms with E-state index in [1.807, 2.05) is 6.07 Å². The zero-order valence-corrected chi connectivity index (χ0v) is 24.1. The van der Waals surface area contributed by atoms with Crippen LogP contribution in [0.5, 0.6) is 17.2 Å². The molecule has 3 aliphatic heterocycles. The van der Waals surface area contributed by atoms with Crippen LogP contribution in [-0.2, 0) is 41.4 Å². The molecule has 4 aliphatic rings. The van der Waals surface area contributed by atoms with Crippen molar-refractivity contribution < 1.29 is 42.8 Å². The first-order valence-corrected chi connectivity index (χ1v) is 14.3. The molecule has 0 aromatic heterocycles. The van der Waals surface area contributed by atoms with Crippen molar-refractivity contribution in [3.63, 3.8) is 0 Å². The lowest BCUT2D eigenvalue weighted by atomic mass is 9.77. The molecule has 0 N–H and O–H groups in total. The van der Waals surface area contributed by atoms with Crippen molar-refractivity contribution in [2.24, 2.45) is 5.92 Å². The number of carbonyl (C=O) groups is 3. The Morgan fingerprint density at radius 1 is 1.07 bits per heavy atom. The second kappa shape index (κ2) is 11.3. The summed E-state index contributed by atoms with van der Waals surface area (Å²) in [6.07, 6.45) is 4.33. The molecule has 222 valence electrons. The van der Waals surface area contributed by atoms with Crippen LogP contribution in [0.25, 0.3) is 0 Å². The minimum absolute atomic E-state index is 0.142. The Morgan fingerprint density at radius 3 is 2.55 bits per heavy atom. The minimum Gasteiger partial charge on any atom is -0.497 e. The summed E-state index contributed by atoms with van der Waals surface area (Å²) in [5.41, 5.74) is 2.63. The largest absolute Gasteiger partial charge is 0.497 e. The molecule has 0 bridgehead atoms. The fourth-order valence-electron chi connectivity index (χ4n) is 6.98. The number of benzene rings is 2. The average Bonchev–Trinajstić information content (AvgIpc) is 3.66. The zero-order chi connectivity index (χ0) is 29.4. The van der Waals surface area contributed by atoms with Crippen LogP contribution in [0.1, 0.15) is 48.8 Å². The second-order valence-corrected chi connectivity index (χ2v) is 11.2. The van der Waals surface area contributed by atoms with Crippen LogP contribution >= 0.6 is 0 Å². The Kier molecular flexibility index (Phi) is 7.57. The van der Waals surface area contributed by atoms with Crippen LogP contribution in [0.15, 0.2) is 48.2 Å². The molecule has 6 rings (SSSR count). The van der Waals surface area contributed by atoms with Crippen LogP contribution in [0.2, 0.25) is 0 Å². The third-order valence-corrected chi connectivity index (χ3v) is 8.85. The van der Waals surface area contributed by atoms with Crippen LogP contribution in [0.3, 0.4) is 0 Å². The summed E-state index contributed by atoms with van der Waals surface area (Å²) in [5.74, 6) is -0.0239. The number of hydrogen-bond acceptors (Lipinski definition) is 10. The van der Waals surface area contributed by atoms with E-state index in [9.17, 15) is 14.4 Å². The number of carbonyl (C=O) groups excluding carboxylic acids is 3. The lowest BCUT2D eigenvalue weighted by Crippen LogP contribution is -2.47. The monoisotopic (exact) mass is 577 g/mol. The second-order valence-electron chi connectivity index (χ2n) is 11.2. The molecule has 1 saturated heterocycles. The molecule has 1 fully saturated rings. The summed E-state index contributed by atoms with van der Waals surface area (Å²) in [6.45, 7) is 3.32. The minimum atomic E-state index is -0.798. The molecule has 0 radical (unpaired) electrons. The first-order chi connectivity index (χ1) is 20.3. The summed E-state index contributed by atoms with van der Waals surface area (Å²) in [6, 6.07) is 10.9. The van der Waals surface area contributed by atoms with Crippen molar-refractivity contribution in [1.82, 2.24) is 4.90 Å². The number of esters is 3. The van der Waals surface area contributed by atoms with Crippen molar-refractivity contribution in [2.75, 3.05) is 34.1 Å². The third-order valence-electron chi connectivity index (χ3n) is 8.85. The molecule has 2 aromatic rings. The maximum atomic E-state index is 13.9. The summed E-state index contributed by atoms with van der Waals surface area (Å²) in [4.78, 5) is 40.1. The molecule has 0 unspecified atom stereocenters. The van der Waals surface area contributed by atoms with Crippen molar-refractivity contribution in [2.45, 2.75) is 56.6 Å². The molecule has 2 aromatic carbocycles. The molecule has 0 saturated carbocycles. The Labute approximate surface area is 244 Å².